The van der Waals surface area contributed by atoms with Gasteiger partial charge in [0, 0.05) is 10.6 Å². The van der Waals surface area contributed by atoms with Crippen molar-refractivity contribution in [2.75, 3.05) is 5.73 Å². The molecule has 0 spiro atoms. The second kappa shape index (κ2) is 4.94. The van der Waals surface area contributed by atoms with Gasteiger partial charge < -0.3 is 5.73 Å². The van der Waals surface area contributed by atoms with E-state index in [1.807, 2.05) is 54.6 Å². The van der Waals surface area contributed by atoms with Crippen LogP contribution in [0.25, 0.3) is 0 Å². The summed E-state index contributed by atoms with van der Waals surface area (Å²) in [6.07, 6.45) is 0. The fourth-order valence-corrected chi connectivity index (χ4v) is 2.64. The molecule has 1 unspecified atom stereocenters. The largest absolute Gasteiger partial charge is 0.398 e. The minimum atomic E-state index is -1.02. The highest BCUT2D eigenvalue weighted by Crippen LogP contribution is 2.16. The molecule has 0 saturated carbocycles. The van der Waals surface area contributed by atoms with Crippen LogP contribution in [0.1, 0.15) is 5.56 Å². The van der Waals surface area contributed by atoms with E-state index in [4.69, 9.17) is 5.73 Å². The monoisotopic (exact) mass is 231 g/mol. The number of benzene rings is 2. The van der Waals surface area contributed by atoms with Crippen LogP contribution in [0.15, 0.2) is 59.5 Å². The van der Waals surface area contributed by atoms with Gasteiger partial charge in [0.05, 0.1) is 16.6 Å². The van der Waals surface area contributed by atoms with E-state index in [2.05, 4.69) is 0 Å². The van der Waals surface area contributed by atoms with Gasteiger partial charge in [-0.3, -0.25) is 4.21 Å². The van der Waals surface area contributed by atoms with Crippen LogP contribution in [-0.2, 0) is 16.6 Å². The van der Waals surface area contributed by atoms with Crippen LogP contribution < -0.4 is 5.73 Å². The van der Waals surface area contributed by atoms with Crippen LogP contribution in [0, 0.1) is 0 Å². The zero-order valence-corrected chi connectivity index (χ0v) is 9.61. The maximum Gasteiger partial charge on any atom is 0.0574 e. The van der Waals surface area contributed by atoms with Crippen molar-refractivity contribution >= 4 is 16.5 Å². The summed E-state index contributed by atoms with van der Waals surface area (Å²) in [6, 6.07) is 17.0. The van der Waals surface area contributed by atoms with Crippen molar-refractivity contribution in [3.8, 4) is 0 Å². The Morgan fingerprint density at radius 1 is 0.938 bits per heavy atom. The molecule has 0 aromatic heterocycles. The summed E-state index contributed by atoms with van der Waals surface area (Å²) in [4.78, 5) is 0.839. The number of hydrogen-bond donors (Lipinski definition) is 1. The molecule has 16 heavy (non-hydrogen) atoms. The Morgan fingerprint density at radius 2 is 1.56 bits per heavy atom. The third-order valence-corrected chi connectivity index (χ3v) is 3.72. The van der Waals surface area contributed by atoms with E-state index in [0.29, 0.717) is 11.4 Å². The summed E-state index contributed by atoms with van der Waals surface area (Å²) in [6.45, 7) is 0. The predicted molar refractivity (Wildman–Crippen MR) is 67.4 cm³/mol. The van der Waals surface area contributed by atoms with Gasteiger partial charge in [-0.05, 0) is 23.8 Å². The molecule has 0 radical (unpaired) electrons. The van der Waals surface area contributed by atoms with Gasteiger partial charge in [0.2, 0.25) is 0 Å². The van der Waals surface area contributed by atoms with Crippen molar-refractivity contribution in [3.05, 3.63) is 60.2 Å². The maximum atomic E-state index is 12.0. The van der Waals surface area contributed by atoms with Gasteiger partial charge in [0.1, 0.15) is 0 Å². The van der Waals surface area contributed by atoms with E-state index >= 15 is 0 Å². The fourth-order valence-electron chi connectivity index (χ4n) is 1.46. The Balaban J connectivity index is 2.18. The van der Waals surface area contributed by atoms with Crippen molar-refractivity contribution in [3.63, 3.8) is 0 Å². The molecule has 2 nitrogen and oxygen atoms in total. The van der Waals surface area contributed by atoms with Gasteiger partial charge in [-0.1, -0.05) is 36.4 Å². The lowest BCUT2D eigenvalue weighted by Crippen LogP contribution is -1.99. The van der Waals surface area contributed by atoms with Crippen LogP contribution >= 0.6 is 0 Å². The first kappa shape index (κ1) is 10.9. The van der Waals surface area contributed by atoms with Crippen LogP contribution in [-0.4, -0.2) is 4.21 Å². The summed E-state index contributed by atoms with van der Waals surface area (Å²) < 4.78 is 12.0. The zero-order chi connectivity index (χ0) is 11.4. The van der Waals surface area contributed by atoms with Crippen molar-refractivity contribution in [2.24, 2.45) is 0 Å². The first-order valence-electron chi connectivity index (χ1n) is 5.04. The molecule has 3 heteroatoms. The molecule has 2 aromatic rings. The summed E-state index contributed by atoms with van der Waals surface area (Å²) in [5.74, 6) is 0.469. The van der Waals surface area contributed by atoms with Crippen LogP contribution in [0.3, 0.4) is 0 Å². The lowest BCUT2D eigenvalue weighted by Gasteiger charge is -2.05. The van der Waals surface area contributed by atoms with Gasteiger partial charge in [0.15, 0.2) is 0 Å². The standard InChI is InChI=1S/C13H13NOS/c14-13-9-5-4-6-11(13)10-16(15)12-7-2-1-3-8-12/h1-9H,10,14H2. The van der Waals surface area contributed by atoms with E-state index in [1.165, 1.54) is 0 Å². The third-order valence-electron chi connectivity index (χ3n) is 2.35. The number of rotatable bonds is 3. The molecule has 0 saturated heterocycles. The highest BCUT2D eigenvalue weighted by atomic mass is 32.2. The predicted octanol–water partition coefficient (Wildman–Crippen LogP) is 2.58. The quantitative estimate of drug-likeness (QED) is 0.825. The molecule has 0 aliphatic rings. The van der Waals surface area contributed by atoms with E-state index in [1.54, 1.807) is 0 Å². The van der Waals surface area contributed by atoms with Gasteiger partial charge in [-0.25, -0.2) is 0 Å². The second-order valence-corrected chi connectivity index (χ2v) is 4.95. The molecule has 2 aromatic carbocycles. The lowest BCUT2D eigenvalue weighted by atomic mass is 10.2. The molecular formula is C13H13NOS. The molecule has 1 atom stereocenters. The maximum absolute atomic E-state index is 12.0. The van der Waals surface area contributed by atoms with Gasteiger partial charge in [-0.15, -0.1) is 0 Å². The first-order chi connectivity index (χ1) is 7.77. The second-order valence-electron chi connectivity index (χ2n) is 3.50. The van der Waals surface area contributed by atoms with Crippen LogP contribution in [0.2, 0.25) is 0 Å². The zero-order valence-electron chi connectivity index (χ0n) is 8.80. The molecule has 0 fully saturated rings. The molecule has 0 amide bonds. The third kappa shape index (κ3) is 2.49. The van der Waals surface area contributed by atoms with E-state index < -0.39 is 10.8 Å². The van der Waals surface area contributed by atoms with E-state index in [0.717, 1.165) is 10.5 Å². The highest BCUT2D eigenvalue weighted by Gasteiger charge is 2.06. The molecule has 2 N–H and O–H groups in total. The number of anilines is 1. The van der Waals surface area contributed by atoms with Crippen molar-refractivity contribution in [1.82, 2.24) is 0 Å². The number of para-hydroxylation sites is 1. The summed E-state index contributed by atoms with van der Waals surface area (Å²) in [7, 11) is -1.02. The molecule has 0 heterocycles. The highest BCUT2D eigenvalue weighted by molar-refractivity contribution is 7.84. The average molecular weight is 231 g/mol. The van der Waals surface area contributed by atoms with Crippen molar-refractivity contribution < 1.29 is 4.21 Å². The Hall–Kier alpha value is -1.61. The Labute approximate surface area is 97.6 Å². The number of hydrogen-bond acceptors (Lipinski definition) is 2. The average Bonchev–Trinajstić information content (AvgIpc) is 2.33. The lowest BCUT2D eigenvalue weighted by molar-refractivity contribution is 0.682. The Bertz CT molecular complexity index is 496. The minimum Gasteiger partial charge on any atom is -0.398 e. The summed E-state index contributed by atoms with van der Waals surface area (Å²) in [5, 5.41) is 0. The van der Waals surface area contributed by atoms with Crippen LogP contribution in [0.4, 0.5) is 5.69 Å². The molecular weight excluding hydrogens is 218 g/mol. The van der Waals surface area contributed by atoms with Crippen molar-refractivity contribution in [2.45, 2.75) is 10.6 Å². The molecule has 0 aliphatic carbocycles. The smallest absolute Gasteiger partial charge is 0.0574 e. The normalized spacial score (nSPS) is 12.2. The van der Waals surface area contributed by atoms with Crippen molar-refractivity contribution in [1.29, 1.82) is 0 Å². The molecule has 82 valence electrons. The van der Waals surface area contributed by atoms with E-state index in [9.17, 15) is 4.21 Å². The minimum absolute atomic E-state index is 0.469. The summed E-state index contributed by atoms with van der Waals surface area (Å²) in [5.41, 5.74) is 7.45. The number of nitrogen functional groups attached to an aromatic ring is 1. The van der Waals surface area contributed by atoms with Crippen LogP contribution in [0.5, 0.6) is 0 Å². The first-order valence-corrected chi connectivity index (χ1v) is 6.36. The molecule has 0 bridgehead atoms. The summed E-state index contributed by atoms with van der Waals surface area (Å²) >= 11 is 0. The topological polar surface area (TPSA) is 43.1 Å². The fraction of sp³-hybridized carbons (Fsp3) is 0.0769. The van der Waals surface area contributed by atoms with Gasteiger partial charge in [0.25, 0.3) is 0 Å². The van der Waals surface area contributed by atoms with Gasteiger partial charge >= 0.3 is 0 Å². The van der Waals surface area contributed by atoms with E-state index in [-0.39, 0.29) is 0 Å². The SMILES string of the molecule is Nc1ccccc1CS(=O)c1ccccc1. The Morgan fingerprint density at radius 3 is 2.25 bits per heavy atom. The van der Waals surface area contributed by atoms with Gasteiger partial charge in [-0.2, -0.15) is 0 Å². The molecule has 2 rings (SSSR count). The Kier molecular flexibility index (Phi) is 3.37. The number of nitrogens with two attached hydrogens (primary N) is 1. The molecule has 0 aliphatic heterocycles.